The summed E-state index contributed by atoms with van der Waals surface area (Å²) >= 11 is 0. The van der Waals surface area contributed by atoms with Crippen LogP contribution in [-0.4, -0.2) is 59.5 Å². The molecule has 1 aliphatic rings. The van der Waals surface area contributed by atoms with E-state index in [0.717, 1.165) is 18.4 Å². The molecular weight excluding hydrogens is 384 g/mol. The molecule has 2 rings (SSSR count). The van der Waals surface area contributed by atoms with Crippen LogP contribution >= 0.6 is 0 Å². The average molecular weight is 421 g/mol. The SMILES string of the molecule is CO[C@H]([C@@H](C)C(=O)N[C@H](C)[C@@H](O)c1ccccc1)[C@@H]1CCCN1C(=O)OC(C)(C)C. The summed E-state index contributed by atoms with van der Waals surface area (Å²) < 4.78 is 11.2. The summed E-state index contributed by atoms with van der Waals surface area (Å²) in [5, 5.41) is 13.4. The summed E-state index contributed by atoms with van der Waals surface area (Å²) in [4.78, 5) is 27.2. The number of amides is 2. The summed E-state index contributed by atoms with van der Waals surface area (Å²) in [5.74, 6) is -0.728. The van der Waals surface area contributed by atoms with Crippen molar-refractivity contribution >= 4 is 12.0 Å². The maximum atomic E-state index is 12.9. The molecule has 168 valence electrons. The number of hydrogen-bond donors (Lipinski definition) is 2. The van der Waals surface area contributed by atoms with Gasteiger partial charge >= 0.3 is 6.09 Å². The van der Waals surface area contributed by atoms with Gasteiger partial charge in [0.2, 0.25) is 5.91 Å². The first-order valence-corrected chi connectivity index (χ1v) is 10.6. The van der Waals surface area contributed by atoms with Gasteiger partial charge in [0.25, 0.3) is 0 Å². The molecule has 1 aliphatic heterocycles. The number of ether oxygens (including phenoxy) is 2. The van der Waals surface area contributed by atoms with Crippen molar-refractivity contribution in [3.63, 3.8) is 0 Å². The molecule has 2 amide bonds. The molecule has 2 N–H and O–H groups in total. The van der Waals surface area contributed by atoms with Gasteiger partial charge in [0.1, 0.15) is 5.60 Å². The number of carbonyl (C=O) groups is 2. The quantitative estimate of drug-likeness (QED) is 0.707. The van der Waals surface area contributed by atoms with E-state index in [1.165, 1.54) is 0 Å². The summed E-state index contributed by atoms with van der Waals surface area (Å²) in [5.41, 5.74) is 0.159. The van der Waals surface area contributed by atoms with Crippen LogP contribution in [0, 0.1) is 5.92 Å². The number of likely N-dealkylation sites (tertiary alicyclic amines) is 1. The van der Waals surface area contributed by atoms with Crippen molar-refractivity contribution in [1.29, 1.82) is 0 Å². The van der Waals surface area contributed by atoms with Crippen LogP contribution in [0.1, 0.15) is 59.1 Å². The Labute approximate surface area is 179 Å². The third-order valence-electron chi connectivity index (χ3n) is 5.47. The van der Waals surface area contributed by atoms with Gasteiger partial charge in [-0.1, -0.05) is 37.3 Å². The van der Waals surface area contributed by atoms with E-state index in [9.17, 15) is 14.7 Å². The Morgan fingerprint density at radius 2 is 1.83 bits per heavy atom. The van der Waals surface area contributed by atoms with Crippen molar-refractivity contribution in [2.24, 2.45) is 5.92 Å². The van der Waals surface area contributed by atoms with Gasteiger partial charge in [0.15, 0.2) is 0 Å². The lowest BCUT2D eigenvalue weighted by Gasteiger charge is -2.35. The number of aliphatic hydroxyl groups is 1. The third-order valence-corrected chi connectivity index (χ3v) is 5.47. The highest BCUT2D eigenvalue weighted by molar-refractivity contribution is 5.79. The van der Waals surface area contributed by atoms with Crippen LogP contribution in [-0.2, 0) is 14.3 Å². The average Bonchev–Trinajstić information content (AvgIpc) is 3.16. The fraction of sp³-hybridized carbons (Fsp3) is 0.652. The van der Waals surface area contributed by atoms with Gasteiger partial charge in [-0.2, -0.15) is 0 Å². The van der Waals surface area contributed by atoms with Gasteiger partial charge in [-0.15, -0.1) is 0 Å². The Morgan fingerprint density at radius 1 is 1.20 bits per heavy atom. The molecule has 1 heterocycles. The van der Waals surface area contributed by atoms with Crippen molar-refractivity contribution < 1.29 is 24.2 Å². The Balaban J connectivity index is 2.04. The van der Waals surface area contributed by atoms with Gasteiger partial charge in [0.05, 0.1) is 30.2 Å². The Kier molecular flexibility index (Phi) is 8.26. The van der Waals surface area contributed by atoms with Crippen LogP contribution in [0.15, 0.2) is 30.3 Å². The van der Waals surface area contributed by atoms with E-state index < -0.39 is 29.8 Å². The maximum Gasteiger partial charge on any atom is 0.410 e. The first kappa shape index (κ1) is 24.2. The molecule has 0 aliphatic carbocycles. The molecule has 0 bridgehead atoms. The molecule has 7 nitrogen and oxygen atoms in total. The monoisotopic (exact) mass is 420 g/mol. The second-order valence-electron chi connectivity index (χ2n) is 9.03. The maximum absolute atomic E-state index is 12.9. The van der Waals surface area contributed by atoms with Gasteiger partial charge in [-0.25, -0.2) is 4.79 Å². The molecule has 1 aromatic rings. The lowest BCUT2D eigenvalue weighted by Crippen LogP contribution is -2.51. The molecule has 1 saturated heterocycles. The summed E-state index contributed by atoms with van der Waals surface area (Å²) in [6, 6.07) is 8.52. The van der Waals surface area contributed by atoms with Crippen LogP contribution in [0.5, 0.6) is 0 Å². The van der Waals surface area contributed by atoms with Crippen molar-refractivity contribution in [1.82, 2.24) is 10.2 Å². The standard InChI is InChI=1S/C23H36N2O5/c1-15(21(27)24-16(2)19(26)17-11-8-7-9-12-17)20(29-6)18-13-10-14-25(18)22(28)30-23(3,4)5/h7-9,11-12,15-16,18-20,26H,10,13-14H2,1-6H3,(H,24,27)/t15-,16-,18+,19-,20-/m1/s1. The first-order valence-electron chi connectivity index (χ1n) is 10.6. The molecule has 0 saturated carbocycles. The molecule has 5 atom stereocenters. The largest absolute Gasteiger partial charge is 0.444 e. The van der Waals surface area contributed by atoms with E-state index in [2.05, 4.69) is 5.32 Å². The number of carbonyl (C=O) groups excluding carboxylic acids is 2. The summed E-state index contributed by atoms with van der Waals surface area (Å²) in [6.07, 6.45) is -0.0830. The van der Waals surface area contributed by atoms with E-state index in [-0.39, 0.29) is 18.0 Å². The third kappa shape index (κ3) is 6.19. The Bertz CT molecular complexity index is 703. The number of benzene rings is 1. The van der Waals surface area contributed by atoms with Gasteiger partial charge < -0.3 is 24.8 Å². The molecule has 0 aromatic heterocycles. The van der Waals surface area contributed by atoms with Crippen LogP contribution < -0.4 is 5.32 Å². The molecule has 0 radical (unpaired) electrons. The second kappa shape index (κ2) is 10.3. The van der Waals surface area contributed by atoms with Gasteiger partial charge in [-0.3, -0.25) is 4.79 Å². The lowest BCUT2D eigenvalue weighted by atomic mass is 9.94. The van der Waals surface area contributed by atoms with Crippen molar-refractivity contribution in [2.45, 2.75) is 77.4 Å². The molecular formula is C23H36N2O5. The minimum absolute atomic E-state index is 0.222. The molecule has 7 heteroatoms. The Morgan fingerprint density at radius 3 is 2.40 bits per heavy atom. The van der Waals surface area contributed by atoms with Crippen molar-refractivity contribution in [3.8, 4) is 0 Å². The van der Waals surface area contributed by atoms with E-state index >= 15 is 0 Å². The Hall–Kier alpha value is -2.12. The number of nitrogens with zero attached hydrogens (tertiary/aromatic N) is 1. The number of aliphatic hydroxyl groups excluding tert-OH is 1. The normalized spacial score (nSPS) is 20.9. The van der Waals surface area contributed by atoms with Crippen LogP contribution in [0.3, 0.4) is 0 Å². The number of methoxy groups -OCH3 is 1. The lowest BCUT2D eigenvalue weighted by molar-refractivity contribution is -0.132. The highest BCUT2D eigenvalue weighted by Crippen LogP contribution is 2.28. The minimum atomic E-state index is -0.812. The zero-order valence-corrected chi connectivity index (χ0v) is 18.9. The highest BCUT2D eigenvalue weighted by Gasteiger charge is 2.41. The molecule has 0 unspecified atom stereocenters. The number of hydrogen-bond acceptors (Lipinski definition) is 5. The van der Waals surface area contributed by atoms with Crippen molar-refractivity contribution in [3.05, 3.63) is 35.9 Å². The topological polar surface area (TPSA) is 88.1 Å². The van der Waals surface area contributed by atoms with Gasteiger partial charge in [0, 0.05) is 13.7 Å². The predicted molar refractivity (Wildman–Crippen MR) is 115 cm³/mol. The predicted octanol–water partition coefficient (Wildman–Crippen LogP) is 3.28. The van der Waals surface area contributed by atoms with Crippen LogP contribution in [0.25, 0.3) is 0 Å². The van der Waals surface area contributed by atoms with Crippen LogP contribution in [0.4, 0.5) is 4.79 Å². The van der Waals surface area contributed by atoms with E-state index in [0.29, 0.717) is 6.54 Å². The minimum Gasteiger partial charge on any atom is -0.444 e. The zero-order chi connectivity index (χ0) is 22.5. The summed E-state index contributed by atoms with van der Waals surface area (Å²) in [7, 11) is 1.56. The smallest absolute Gasteiger partial charge is 0.410 e. The second-order valence-corrected chi connectivity index (χ2v) is 9.03. The van der Waals surface area contributed by atoms with Crippen LogP contribution in [0.2, 0.25) is 0 Å². The molecule has 0 spiro atoms. The van der Waals surface area contributed by atoms with E-state index in [4.69, 9.17) is 9.47 Å². The number of nitrogens with one attached hydrogen (secondary N) is 1. The van der Waals surface area contributed by atoms with Gasteiger partial charge in [-0.05, 0) is 46.1 Å². The van der Waals surface area contributed by atoms with Crippen molar-refractivity contribution in [2.75, 3.05) is 13.7 Å². The fourth-order valence-electron chi connectivity index (χ4n) is 3.90. The molecule has 1 aromatic carbocycles. The molecule has 1 fully saturated rings. The zero-order valence-electron chi connectivity index (χ0n) is 18.9. The summed E-state index contributed by atoms with van der Waals surface area (Å²) in [6.45, 7) is 9.64. The van der Waals surface area contributed by atoms with E-state index in [1.807, 2.05) is 51.1 Å². The number of rotatable bonds is 7. The fourth-order valence-corrected chi connectivity index (χ4v) is 3.90. The highest BCUT2D eigenvalue weighted by atomic mass is 16.6. The first-order chi connectivity index (χ1) is 14.0. The van der Waals surface area contributed by atoms with E-state index in [1.54, 1.807) is 25.9 Å². The molecule has 30 heavy (non-hydrogen) atoms.